The first-order chi connectivity index (χ1) is 20.2. The molecular formula is C32H54O11. The smallest absolute Gasteiger partial charge is 0.187 e. The molecule has 14 atom stereocenters. The lowest BCUT2D eigenvalue weighted by Crippen LogP contribution is -2.65. The Morgan fingerprint density at radius 3 is 2.28 bits per heavy atom. The number of hydrogen-bond donors (Lipinski definition) is 7. The molecule has 0 amide bonds. The van der Waals surface area contributed by atoms with E-state index in [1.54, 1.807) is 0 Å². The minimum absolute atomic E-state index is 0.0159. The Labute approximate surface area is 255 Å². The molecule has 0 bridgehead atoms. The third-order valence-electron chi connectivity index (χ3n) is 11.0. The molecule has 1 unspecified atom stereocenters. The van der Waals surface area contributed by atoms with Gasteiger partial charge in [-0.25, -0.2) is 0 Å². The average Bonchev–Trinajstić information content (AvgIpc) is 2.95. The van der Waals surface area contributed by atoms with Gasteiger partial charge in [0.05, 0.1) is 25.4 Å². The zero-order valence-electron chi connectivity index (χ0n) is 26.2. The lowest BCUT2D eigenvalue weighted by Gasteiger charge is -2.61. The van der Waals surface area contributed by atoms with Crippen molar-refractivity contribution in [2.75, 3.05) is 13.2 Å². The van der Waals surface area contributed by atoms with Crippen LogP contribution in [0.5, 0.6) is 0 Å². The summed E-state index contributed by atoms with van der Waals surface area (Å²) < 4.78 is 24.1. The van der Waals surface area contributed by atoms with E-state index in [1.165, 1.54) is 18.1 Å². The summed E-state index contributed by atoms with van der Waals surface area (Å²) in [5, 5.41) is 71.9. The molecule has 4 fully saturated rings. The fourth-order valence-corrected chi connectivity index (χ4v) is 8.31. The van der Waals surface area contributed by atoms with Crippen LogP contribution in [0.25, 0.3) is 0 Å². The van der Waals surface area contributed by atoms with Crippen molar-refractivity contribution in [3.8, 4) is 0 Å². The second kappa shape index (κ2) is 13.8. The van der Waals surface area contributed by atoms with Gasteiger partial charge in [-0.2, -0.15) is 0 Å². The van der Waals surface area contributed by atoms with Gasteiger partial charge < -0.3 is 54.7 Å². The number of ether oxygens (including phenoxy) is 4. The molecule has 0 radical (unpaired) electrons. The van der Waals surface area contributed by atoms with Crippen LogP contribution < -0.4 is 0 Å². The highest BCUT2D eigenvalue weighted by atomic mass is 16.8. The molecule has 43 heavy (non-hydrogen) atoms. The summed E-state index contributed by atoms with van der Waals surface area (Å²) in [5.41, 5.74) is 2.09. The summed E-state index contributed by atoms with van der Waals surface area (Å²) in [6.45, 7) is 14.2. The summed E-state index contributed by atoms with van der Waals surface area (Å²) in [4.78, 5) is 0. The van der Waals surface area contributed by atoms with Gasteiger partial charge in [0.25, 0.3) is 0 Å². The Morgan fingerprint density at radius 2 is 1.63 bits per heavy atom. The van der Waals surface area contributed by atoms with E-state index in [-0.39, 0.29) is 29.5 Å². The van der Waals surface area contributed by atoms with Crippen LogP contribution in [0.1, 0.15) is 73.1 Å². The number of aliphatic hydroxyl groups excluding tert-OH is 7. The van der Waals surface area contributed by atoms with Crippen molar-refractivity contribution in [1.29, 1.82) is 0 Å². The van der Waals surface area contributed by atoms with Gasteiger partial charge in [0.2, 0.25) is 0 Å². The van der Waals surface area contributed by atoms with E-state index in [2.05, 4.69) is 27.4 Å². The van der Waals surface area contributed by atoms with Crippen LogP contribution >= 0.6 is 0 Å². The molecule has 2 heterocycles. The average molecular weight is 615 g/mol. The molecule has 0 spiro atoms. The minimum Gasteiger partial charge on any atom is -0.394 e. The van der Waals surface area contributed by atoms with E-state index >= 15 is 0 Å². The molecule has 0 aromatic heterocycles. The van der Waals surface area contributed by atoms with E-state index in [9.17, 15) is 35.7 Å². The number of fused-ring (bicyclic) bond motifs is 1. The Balaban J connectivity index is 1.55. The molecule has 2 saturated carbocycles. The van der Waals surface area contributed by atoms with Gasteiger partial charge in [-0.1, -0.05) is 44.6 Å². The molecule has 11 nitrogen and oxygen atoms in total. The van der Waals surface area contributed by atoms with Crippen LogP contribution in [0.2, 0.25) is 0 Å². The van der Waals surface area contributed by atoms with Crippen molar-refractivity contribution < 1.29 is 54.7 Å². The molecule has 2 aliphatic carbocycles. The van der Waals surface area contributed by atoms with Gasteiger partial charge in [0.1, 0.15) is 42.7 Å². The highest BCUT2D eigenvalue weighted by Crippen LogP contribution is 2.62. The molecular weight excluding hydrogens is 560 g/mol. The van der Waals surface area contributed by atoms with Crippen molar-refractivity contribution in [1.82, 2.24) is 0 Å². The summed E-state index contributed by atoms with van der Waals surface area (Å²) in [6, 6.07) is 0. The second-order valence-electron chi connectivity index (χ2n) is 14.1. The Kier molecular flexibility index (Phi) is 11.2. The van der Waals surface area contributed by atoms with E-state index in [1.807, 2.05) is 13.0 Å². The van der Waals surface area contributed by atoms with Crippen molar-refractivity contribution in [2.24, 2.45) is 22.7 Å². The lowest BCUT2D eigenvalue weighted by atomic mass is 9.46. The predicted molar refractivity (Wildman–Crippen MR) is 156 cm³/mol. The first kappa shape index (κ1) is 34.9. The van der Waals surface area contributed by atoms with Gasteiger partial charge in [-0.15, -0.1) is 0 Å². The molecule has 11 heteroatoms. The van der Waals surface area contributed by atoms with Gasteiger partial charge >= 0.3 is 0 Å². The van der Waals surface area contributed by atoms with E-state index < -0.39 is 68.0 Å². The minimum atomic E-state index is -1.62. The van der Waals surface area contributed by atoms with Gasteiger partial charge in [-0.3, -0.25) is 0 Å². The van der Waals surface area contributed by atoms with Crippen LogP contribution in [0.4, 0.5) is 0 Å². The monoisotopic (exact) mass is 614 g/mol. The van der Waals surface area contributed by atoms with E-state index in [0.29, 0.717) is 12.3 Å². The first-order valence-corrected chi connectivity index (χ1v) is 15.7. The Bertz CT molecular complexity index is 986. The molecule has 248 valence electrons. The third-order valence-corrected chi connectivity index (χ3v) is 11.0. The molecule has 4 rings (SSSR count). The van der Waals surface area contributed by atoms with Crippen LogP contribution in [0.15, 0.2) is 23.8 Å². The standard InChI is InChI=1S/C32H54O11/c1-16(12-14-33)7-9-19-17(2)8-10-21-31(4,5)22(11-13-32(19,21)6)42-30-28(26(38)24(36)20(15-34)41-30)43-29-27(39)25(37)23(35)18(3)40-29/h12,18-30,33-39H,2,7-11,13-15H2,1,3-6H3/b16-12+/t18-,19-,20+,21-,22?,23-,24+,25+,26-,27+,28+,29-,30-,32+/m0/s1. The highest BCUT2D eigenvalue weighted by molar-refractivity contribution is 5.18. The second-order valence-corrected chi connectivity index (χ2v) is 14.1. The van der Waals surface area contributed by atoms with E-state index in [0.717, 1.165) is 32.1 Å². The fraction of sp³-hybridized carbons (Fsp3) is 0.875. The summed E-state index contributed by atoms with van der Waals surface area (Å²) in [6.07, 6.45) is -6.72. The van der Waals surface area contributed by atoms with Crippen LogP contribution in [0.3, 0.4) is 0 Å². The maximum atomic E-state index is 11.1. The Hall–Kier alpha value is -0.960. The maximum absolute atomic E-state index is 11.1. The molecule has 7 N–H and O–H groups in total. The van der Waals surface area contributed by atoms with Crippen LogP contribution in [-0.2, 0) is 18.9 Å². The third kappa shape index (κ3) is 6.78. The zero-order chi connectivity index (χ0) is 31.9. The van der Waals surface area contributed by atoms with Crippen molar-refractivity contribution in [3.05, 3.63) is 23.8 Å². The zero-order valence-corrected chi connectivity index (χ0v) is 26.2. The van der Waals surface area contributed by atoms with Gasteiger partial charge in [0.15, 0.2) is 12.6 Å². The van der Waals surface area contributed by atoms with Crippen molar-refractivity contribution in [2.45, 2.75) is 141 Å². The SMILES string of the molecule is C=C1CC[C@H]2C(C)(C)C(O[C@@H]3O[C@H](CO)[C@@H](O)[C@H](O)[C@H]3O[C@@H]3O[C@@H](C)[C@H](O)[C@@H](O)[C@H]3O)CC[C@]2(C)[C@H]1CC/C(C)=C/CO. The quantitative estimate of drug-likeness (QED) is 0.146. The number of hydrogen-bond acceptors (Lipinski definition) is 11. The lowest BCUT2D eigenvalue weighted by molar-refractivity contribution is -0.375. The number of allylic oxidation sites excluding steroid dienone is 2. The fourth-order valence-electron chi connectivity index (χ4n) is 8.31. The van der Waals surface area contributed by atoms with Crippen LogP contribution in [0, 0.1) is 22.7 Å². The molecule has 2 aliphatic heterocycles. The normalized spacial score (nSPS) is 47.3. The molecule has 0 aromatic rings. The summed E-state index contributed by atoms with van der Waals surface area (Å²) in [5.74, 6) is 0.601. The summed E-state index contributed by atoms with van der Waals surface area (Å²) >= 11 is 0. The Morgan fingerprint density at radius 1 is 0.930 bits per heavy atom. The highest BCUT2D eigenvalue weighted by Gasteiger charge is 2.58. The molecule has 4 aliphatic rings. The number of aliphatic hydroxyl groups is 7. The van der Waals surface area contributed by atoms with Crippen molar-refractivity contribution >= 4 is 0 Å². The molecule has 2 saturated heterocycles. The topological polar surface area (TPSA) is 179 Å². The predicted octanol–water partition coefficient (Wildman–Crippen LogP) is 1.15. The number of rotatable bonds is 9. The van der Waals surface area contributed by atoms with Gasteiger partial charge in [0, 0.05) is 0 Å². The first-order valence-electron chi connectivity index (χ1n) is 15.7. The van der Waals surface area contributed by atoms with Crippen molar-refractivity contribution in [3.63, 3.8) is 0 Å². The molecule has 0 aromatic carbocycles. The largest absolute Gasteiger partial charge is 0.394 e. The van der Waals surface area contributed by atoms with Crippen LogP contribution in [-0.4, -0.2) is 116 Å². The maximum Gasteiger partial charge on any atom is 0.187 e. The van der Waals surface area contributed by atoms with Gasteiger partial charge in [-0.05, 0) is 75.0 Å². The van der Waals surface area contributed by atoms with E-state index in [4.69, 9.17) is 18.9 Å². The summed E-state index contributed by atoms with van der Waals surface area (Å²) in [7, 11) is 0.